The van der Waals surface area contributed by atoms with Gasteiger partial charge in [-0.1, -0.05) is 133 Å². The number of benzene rings is 8. The third kappa shape index (κ3) is 4.52. The van der Waals surface area contributed by atoms with E-state index >= 15 is 0 Å². The molecule has 0 unspecified atom stereocenters. The number of hydrogen-bond acceptors (Lipinski definition) is 1. The van der Waals surface area contributed by atoms with E-state index in [4.69, 9.17) is 0 Å². The Hall–Kier alpha value is -5.66. The first-order valence-electron chi connectivity index (χ1n) is 14.8. The standard InChI is InChI=1S/C42H29N/c1-3-12-32(13-4-1)40-29-34-23-22-33(28-41(34)39-20-10-9-19-38(39)40)30-24-26-36(27-25-30)43(35-16-5-2-6-17-35)42-21-11-15-31-14-7-8-18-37(31)42/h1-29H. The largest absolute Gasteiger partial charge is 0.310 e. The van der Waals surface area contributed by atoms with Crippen molar-refractivity contribution in [2.24, 2.45) is 0 Å². The van der Waals surface area contributed by atoms with Gasteiger partial charge in [0.25, 0.3) is 0 Å². The van der Waals surface area contributed by atoms with E-state index in [0.717, 1.165) is 11.4 Å². The van der Waals surface area contributed by atoms with Gasteiger partial charge in [0.1, 0.15) is 0 Å². The quantitative estimate of drug-likeness (QED) is 0.194. The number of anilines is 3. The third-order valence-electron chi connectivity index (χ3n) is 8.43. The second kappa shape index (κ2) is 10.6. The van der Waals surface area contributed by atoms with Crippen molar-refractivity contribution in [1.82, 2.24) is 0 Å². The van der Waals surface area contributed by atoms with E-state index in [1.807, 2.05) is 0 Å². The fourth-order valence-electron chi connectivity index (χ4n) is 6.35. The molecule has 0 aliphatic rings. The molecule has 8 aromatic carbocycles. The van der Waals surface area contributed by atoms with Crippen molar-refractivity contribution in [2.45, 2.75) is 0 Å². The van der Waals surface area contributed by atoms with Gasteiger partial charge in [-0.05, 0) is 91.6 Å². The van der Waals surface area contributed by atoms with Crippen LogP contribution in [0.2, 0.25) is 0 Å². The molecular weight excluding hydrogens is 518 g/mol. The molecule has 0 aromatic heterocycles. The topological polar surface area (TPSA) is 3.24 Å². The minimum atomic E-state index is 1.13. The van der Waals surface area contributed by atoms with Crippen LogP contribution in [-0.2, 0) is 0 Å². The zero-order valence-electron chi connectivity index (χ0n) is 23.7. The molecule has 0 aliphatic heterocycles. The molecule has 0 atom stereocenters. The van der Waals surface area contributed by atoms with E-state index in [1.54, 1.807) is 0 Å². The van der Waals surface area contributed by atoms with Crippen LogP contribution in [0.1, 0.15) is 0 Å². The van der Waals surface area contributed by atoms with Crippen LogP contribution in [0, 0.1) is 0 Å². The lowest BCUT2D eigenvalue weighted by Gasteiger charge is -2.27. The van der Waals surface area contributed by atoms with E-state index in [-0.39, 0.29) is 0 Å². The van der Waals surface area contributed by atoms with Crippen molar-refractivity contribution in [3.63, 3.8) is 0 Å². The van der Waals surface area contributed by atoms with Crippen LogP contribution < -0.4 is 4.90 Å². The zero-order chi connectivity index (χ0) is 28.6. The molecule has 0 radical (unpaired) electrons. The smallest absolute Gasteiger partial charge is 0.0540 e. The Morgan fingerprint density at radius 1 is 0.302 bits per heavy atom. The fraction of sp³-hybridized carbons (Fsp3) is 0. The molecule has 0 fully saturated rings. The normalized spacial score (nSPS) is 11.3. The van der Waals surface area contributed by atoms with Gasteiger partial charge < -0.3 is 4.90 Å². The van der Waals surface area contributed by atoms with Crippen molar-refractivity contribution in [2.75, 3.05) is 4.90 Å². The van der Waals surface area contributed by atoms with E-state index < -0.39 is 0 Å². The average molecular weight is 548 g/mol. The summed E-state index contributed by atoms with van der Waals surface area (Å²) in [5.74, 6) is 0. The third-order valence-corrected chi connectivity index (χ3v) is 8.43. The number of nitrogens with zero attached hydrogens (tertiary/aromatic N) is 1. The van der Waals surface area contributed by atoms with Crippen LogP contribution in [0.4, 0.5) is 17.1 Å². The Morgan fingerprint density at radius 2 is 0.907 bits per heavy atom. The second-order valence-corrected chi connectivity index (χ2v) is 11.0. The number of hydrogen-bond donors (Lipinski definition) is 0. The van der Waals surface area contributed by atoms with Gasteiger partial charge in [-0.25, -0.2) is 0 Å². The summed E-state index contributed by atoms with van der Waals surface area (Å²) in [6.07, 6.45) is 0. The molecule has 0 heterocycles. The first-order valence-corrected chi connectivity index (χ1v) is 14.8. The number of para-hydroxylation sites is 1. The maximum Gasteiger partial charge on any atom is 0.0540 e. The van der Waals surface area contributed by atoms with Crippen molar-refractivity contribution < 1.29 is 0 Å². The molecule has 0 spiro atoms. The van der Waals surface area contributed by atoms with E-state index in [2.05, 4.69) is 181 Å². The van der Waals surface area contributed by atoms with Crippen LogP contribution in [-0.4, -0.2) is 0 Å². The molecule has 0 bridgehead atoms. The summed E-state index contributed by atoms with van der Waals surface area (Å²) in [6, 6.07) is 63.4. The predicted molar refractivity (Wildman–Crippen MR) is 185 cm³/mol. The summed E-state index contributed by atoms with van der Waals surface area (Å²) in [5, 5.41) is 7.55. The van der Waals surface area contributed by atoms with Gasteiger partial charge in [0.2, 0.25) is 0 Å². The highest BCUT2D eigenvalue weighted by Gasteiger charge is 2.15. The molecule has 43 heavy (non-hydrogen) atoms. The molecule has 0 saturated carbocycles. The minimum absolute atomic E-state index is 1.13. The van der Waals surface area contributed by atoms with E-state index in [9.17, 15) is 0 Å². The van der Waals surface area contributed by atoms with E-state index in [1.165, 1.54) is 60.3 Å². The lowest BCUT2D eigenvalue weighted by molar-refractivity contribution is 1.30. The average Bonchev–Trinajstić information content (AvgIpc) is 3.09. The Bertz CT molecular complexity index is 2210. The maximum absolute atomic E-state index is 2.35. The Morgan fingerprint density at radius 3 is 1.70 bits per heavy atom. The second-order valence-electron chi connectivity index (χ2n) is 11.0. The predicted octanol–water partition coefficient (Wildman–Crippen LogP) is 11.9. The van der Waals surface area contributed by atoms with Gasteiger partial charge in [0.15, 0.2) is 0 Å². The summed E-state index contributed by atoms with van der Waals surface area (Å²) in [5.41, 5.74) is 8.37. The number of fused-ring (bicyclic) bond motifs is 4. The molecule has 0 aliphatic carbocycles. The van der Waals surface area contributed by atoms with Crippen LogP contribution in [0.3, 0.4) is 0 Å². The number of rotatable bonds is 5. The summed E-state index contributed by atoms with van der Waals surface area (Å²) in [4.78, 5) is 2.35. The lowest BCUT2D eigenvalue weighted by Crippen LogP contribution is -2.10. The first-order chi connectivity index (χ1) is 21.3. The fourth-order valence-corrected chi connectivity index (χ4v) is 6.35. The van der Waals surface area contributed by atoms with Crippen LogP contribution in [0.25, 0.3) is 54.6 Å². The Kier molecular flexibility index (Phi) is 6.20. The molecule has 8 rings (SSSR count). The Labute approximate surface area is 251 Å². The van der Waals surface area contributed by atoms with Crippen molar-refractivity contribution >= 4 is 49.4 Å². The van der Waals surface area contributed by atoms with Crippen molar-refractivity contribution in [1.29, 1.82) is 0 Å². The highest BCUT2D eigenvalue weighted by atomic mass is 15.1. The summed E-state index contributed by atoms with van der Waals surface area (Å²) < 4.78 is 0. The molecule has 1 nitrogen and oxygen atoms in total. The van der Waals surface area contributed by atoms with Gasteiger partial charge in [-0.2, -0.15) is 0 Å². The summed E-state index contributed by atoms with van der Waals surface area (Å²) in [6.45, 7) is 0. The van der Waals surface area contributed by atoms with E-state index in [0.29, 0.717) is 0 Å². The minimum Gasteiger partial charge on any atom is -0.310 e. The summed E-state index contributed by atoms with van der Waals surface area (Å²) in [7, 11) is 0. The van der Waals surface area contributed by atoms with Crippen LogP contribution in [0.15, 0.2) is 176 Å². The van der Waals surface area contributed by atoms with Crippen molar-refractivity contribution in [3.8, 4) is 22.3 Å². The lowest BCUT2D eigenvalue weighted by atomic mass is 9.91. The van der Waals surface area contributed by atoms with Gasteiger partial charge in [0.05, 0.1) is 5.69 Å². The molecule has 0 saturated heterocycles. The zero-order valence-corrected chi connectivity index (χ0v) is 23.7. The SMILES string of the molecule is c1ccc(-c2cc3ccc(-c4ccc(N(c5ccccc5)c5cccc6ccccc56)cc4)cc3c3ccccc23)cc1. The molecule has 8 aromatic rings. The highest BCUT2D eigenvalue weighted by Crippen LogP contribution is 2.40. The monoisotopic (exact) mass is 547 g/mol. The summed E-state index contributed by atoms with van der Waals surface area (Å²) >= 11 is 0. The molecule has 0 N–H and O–H groups in total. The molecular formula is C42H29N. The Balaban J connectivity index is 1.23. The van der Waals surface area contributed by atoms with Gasteiger partial charge in [0, 0.05) is 16.8 Å². The van der Waals surface area contributed by atoms with Gasteiger partial charge >= 0.3 is 0 Å². The molecule has 202 valence electrons. The maximum atomic E-state index is 2.35. The molecule has 1 heteroatoms. The van der Waals surface area contributed by atoms with Crippen molar-refractivity contribution in [3.05, 3.63) is 176 Å². The van der Waals surface area contributed by atoms with Gasteiger partial charge in [-0.15, -0.1) is 0 Å². The molecule has 0 amide bonds. The van der Waals surface area contributed by atoms with Crippen LogP contribution in [0.5, 0.6) is 0 Å². The first kappa shape index (κ1) is 25.1. The highest BCUT2D eigenvalue weighted by molar-refractivity contribution is 6.14. The van der Waals surface area contributed by atoms with Crippen LogP contribution >= 0.6 is 0 Å². The van der Waals surface area contributed by atoms with Gasteiger partial charge in [-0.3, -0.25) is 0 Å².